The third-order valence-electron chi connectivity index (χ3n) is 3.18. The predicted octanol–water partition coefficient (Wildman–Crippen LogP) is 1.70. The van der Waals surface area contributed by atoms with Crippen LogP contribution in [0.3, 0.4) is 0 Å². The van der Waals surface area contributed by atoms with Gasteiger partial charge in [-0.1, -0.05) is 0 Å². The summed E-state index contributed by atoms with van der Waals surface area (Å²) in [5, 5.41) is 10.4. The highest BCUT2D eigenvalue weighted by molar-refractivity contribution is 7.97. The third-order valence-corrected chi connectivity index (χ3v) is 6.22. The lowest BCUT2D eigenvalue weighted by atomic mass is 9.97. The van der Waals surface area contributed by atoms with Crippen LogP contribution >= 0.6 is 0 Å². The predicted molar refractivity (Wildman–Crippen MR) is 54.6 cm³/mol. The van der Waals surface area contributed by atoms with Gasteiger partial charge in [-0.15, -0.1) is 0 Å². The standard InChI is InChI=1S/C10H19OS/c11-9-3-5-10(6-4-9)12-7-1-2-8-12/h9-11H,1-8H2/q+1. The van der Waals surface area contributed by atoms with Crippen LogP contribution in [0.15, 0.2) is 0 Å². The first-order chi connectivity index (χ1) is 5.86. The Morgan fingerprint density at radius 3 is 2.08 bits per heavy atom. The highest BCUT2D eigenvalue weighted by atomic mass is 32.2. The molecule has 1 saturated carbocycles. The van der Waals surface area contributed by atoms with Gasteiger partial charge in [0.25, 0.3) is 0 Å². The minimum Gasteiger partial charge on any atom is -0.393 e. The van der Waals surface area contributed by atoms with E-state index < -0.39 is 0 Å². The van der Waals surface area contributed by atoms with E-state index in [1.54, 1.807) is 0 Å². The van der Waals surface area contributed by atoms with Crippen molar-refractivity contribution in [2.24, 2.45) is 0 Å². The quantitative estimate of drug-likeness (QED) is 0.620. The average molecular weight is 187 g/mol. The lowest BCUT2D eigenvalue weighted by molar-refractivity contribution is 0.132. The molecule has 12 heavy (non-hydrogen) atoms. The summed E-state index contributed by atoms with van der Waals surface area (Å²) in [5.74, 6) is 3.00. The summed E-state index contributed by atoms with van der Waals surface area (Å²) in [7, 11) is 0.760. The molecule has 0 spiro atoms. The molecule has 1 N–H and O–H groups in total. The third kappa shape index (κ3) is 1.97. The monoisotopic (exact) mass is 187 g/mol. The minimum absolute atomic E-state index is 0.0347. The zero-order valence-corrected chi connectivity index (χ0v) is 8.48. The lowest BCUT2D eigenvalue weighted by Crippen LogP contribution is -2.30. The molecule has 2 heteroatoms. The Bertz CT molecular complexity index is 135. The summed E-state index contributed by atoms with van der Waals surface area (Å²) in [6, 6.07) is 0. The molecule has 0 bridgehead atoms. The van der Waals surface area contributed by atoms with E-state index in [0.29, 0.717) is 0 Å². The van der Waals surface area contributed by atoms with Crippen LogP contribution in [0, 0.1) is 0 Å². The molecule has 1 heterocycles. The molecule has 0 unspecified atom stereocenters. The molecule has 2 rings (SSSR count). The van der Waals surface area contributed by atoms with Gasteiger partial charge in [0, 0.05) is 0 Å². The Balaban J connectivity index is 1.80. The Kier molecular flexibility index (Phi) is 2.97. The van der Waals surface area contributed by atoms with Crippen LogP contribution in [-0.2, 0) is 10.9 Å². The van der Waals surface area contributed by atoms with Gasteiger partial charge in [-0.25, -0.2) is 0 Å². The Morgan fingerprint density at radius 1 is 0.917 bits per heavy atom. The fraction of sp³-hybridized carbons (Fsp3) is 1.00. The molecule has 70 valence electrons. The van der Waals surface area contributed by atoms with E-state index in [-0.39, 0.29) is 6.10 Å². The molecule has 2 aliphatic rings. The number of hydrogen-bond donors (Lipinski definition) is 1. The van der Waals surface area contributed by atoms with Crippen LogP contribution in [0.25, 0.3) is 0 Å². The van der Waals surface area contributed by atoms with E-state index in [1.165, 1.54) is 37.2 Å². The van der Waals surface area contributed by atoms with Gasteiger partial charge in [0.2, 0.25) is 0 Å². The average Bonchev–Trinajstić information content (AvgIpc) is 2.58. The first-order valence-corrected chi connectivity index (χ1v) is 6.83. The summed E-state index contributed by atoms with van der Waals surface area (Å²) in [6.45, 7) is 0. The number of aliphatic hydroxyl groups is 1. The number of aliphatic hydroxyl groups excluding tert-OH is 1. The second kappa shape index (κ2) is 4.01. The maximum atomic E-state index is 9.37. The van der Waals surface area contributed by atoms with Gasteiger partial charge in [-0.05, 0) is 49.4 Å². The fourth-order valence-corrected chi connectivity index (χ4v) is 5.35. The molecular weight excluding hydrogens is 168 g/mol. The molecule has 0 aromatic rings. The van der Waals surface area contributed by atoms with Crippen molar-refractivity contribution in [3.8, 4) is 0 Å². The van der Waals surface area contributed by atoms with Crippen molar-refractivity contribution in [3.05, 3.63) is 0 Å². The van der Waals surface area contributed by atoms with Crippen LogP contribution in [0.2, 0.25) is 0 Å². The van der Waals surface area contributed by atoms with Crippen molar-refractivity contribution in [1.29, 1.82) is 0 Å². The summed E-state index contributed by atoms with van der Waals surface area (Å²) >= 11 is 0. The van der Waals surface area contributed by atoms with Crippen molar-refractivity contribution in [1.82, 2.24) is 0 Å². The highest BCUT2D eigenvalue weighted by Crippen LogP contribution is 2.29. The molecule has 0 radical (unpaired) electrons. The minimum atomic E-state index is 0.0347. The smallest absolute Gasteiger partial charge is 0.118 e. The van der Waals surface area contributed by atoms with Crippen molar-refractivity contribution in [2.45, 2.75) is 49.9 Å². The summed E-state index contributed by atoms with van der Waals surface area (Å²) in [5.41, 5.74) is 0. The van der Waals surface area contributed by atoms with E-state index in [0.717, 1.165) is 29.0 Å². The van der Waals surface area contributed by atoms with Gasteiger partial charge < -0.3 is 5.11 Å². The molecule has 0 amide bonds. The van der Waals surface area contributed by atoms with E-state index in [2.05, 4.69) is 0 Å². The van der Waals surface area contributed by atoms with E-state index >= 15 is 0 Å². The van der Waals surface area contributed by atoms with E-state index in [9.17, 15) is 5.11 Å². The zero-order valence-electron chi connectivity index (χ0n) is 7.67. The molecule has 0 aromatic carbocycles. The van der Waals surface area contributed by atoms with Crippen LogP contribution in [0.5, 0.6) is 0 Å². The Labute approximate surface area is 77.9 Å². The molecule has 0 atom stereocenters. The zero-order chi connectivity index (χ0) is 8.39. The molecular formula is C10H19OS+. The SMILES string of the molecule is OC1CCC([S+]2CCCC2)CC1. The Morgan fingerprint density at radius 2 is 1.50 bits per heavy atom. The second-order valence-electron chi connectivity index (χ2n) is 4.08. The van der Waals surface area contributed by atoms with Crippen molar-refractivity contribution >= 4 is 10.9 Å². The summed E-state index contributed by atoms with van der Waals surface area (Å²) in [4.78, 5) is 0. The largest absolute Gasteiger partial charge is 0.393 e. The Hall–Kier alpha value is 0.310. The van der Waals surface area contributed by atoms with E-state index in [1.807, 2.05) is 0 Å². The molecule has 1 saturated heterocycles. The van der Waals surface area contributed by atoms with Gasteiger partial charge in [0.05, 0.1) is 6.10 Å². The van der Waals surface area contributed by atoms with Crippen molar-refractivity contribution in [2.75, 3.05) is 11.5 Å². The highest BCUT2D eigenvalue weighted by Gasteiger charge is 2.35. The van der Waals surface area contributed by atoms with Crippen LogP contribution < -0.4 is 0 Å². The van der Waals surface area contributed by atoms with Gasteiger partial charge in [-0.2, -0.15) is 0 Å². The normalized spacial score (nSPS) is 38.8. The fourth-order valence-electron chi connectivity index (χ4n) is 2.39. The molecule has 1 nitrogen and oxygen atoms in total. The second-order valence-corrected chi connectivity index (χ2v) is 6.64. The summed E-state index contributed by atoms with van der Waals surface area (Å²) < 4.78 is 0. The molecule has 2 fully saturated rings. The van der Waals surface area contributed by atoms with Crippen LogP contribution in [-0.4, -0.2) is 28.0 Å². The maximum absolute atomic E-state index is 9.37. The number of hydrogen-bond acceptors (Lipinski definition) is 1. The molecule has 1 aliphatic carbocycles. The van der Waals surface area contributed by atoms with Gasteiger partial charge in [0.15, 0.2) is 0 Å². The molecule has 1 aliphatic heterocycles. The number of rotatable bonds is 1. The summed E-state index contributed by atoms with van der Waals surface area (Å²) in [6.07, 6.45) is 7.76. The van der Waals surface area contributed by atoms with Crippen molar-refractivity contribution < 1.29 is 5.11 Å². The van der Waals surface area contributed by atoms with Crippen molar-refractivity contribution in [3.63, 3.8) is 0 Å². The maximum Gasteiger partial charge on any atom is 0.118 e. The first kappa shape index (κ1) is 8.89. The van der Waals surface area contributed by atoms with Gasteiger partial charge in [0.1, 0.15) is 16.8 Å². The van der Waals surface area contributed by atoms with Crippen LogP contribution in [0.4, 0.5) is 0 Å². The molecule has 0 aromatic heterocycles. The van der Waals surface area contributed by atoms with Crippen LogP contribution in [0.1, 0.15) is 38.5 Å². The van der Waals surface area contributed by atoms with Gasteiger partial charge in [-0.3, -0.25) is 0 Å². The van der Waals surface area contributed by atoms with Gasteiger partial charge >= 0.3 is 0 Å². The topological polar surface area (TPSA) is 20.2 Å². The lowest BCUT2D eigenvalue weighted by Gasteiger charge is -2.23. The van der Waals surface area contributed by atoms with E-state index in [4.69, 9.17) is 0 Å². The first-order valence-electron chi connectivity index (χ1n) is 5.20.